The molecule has 4 rings (SSSR count). The largest absolute Gasteiger partial charge is 0.493 e. The molecule has 2 heterocycles. The number of carbonyl (C=O) groups is 2. The first kappa shape index (κ1) is 29.0. The summed E-state index contributed by atoms with van der Waals surface area (Å²) in [6.07, 6.45) is 2.05. The van der Waals surface area contributed by atoms with Crippen LogP contribution in [0.2, 0.25) is 0 Å². The van der Waals surface area contributed by atoms with Crippen molar-refractivity contribution < 1.29 is 28.7 Å². The predicted octanol–water partition coefficient (Wildman–Crippen LogP) is 4.57. The monoisotopic (exact) mass is 567 g/mol. The number of hydrogen-bond acceptors (Lipinski definition) is 8. The van der Waals surface area contributed by atoms with Gasteiger partial charge in [-0.3, -0.25) is 19.7 Å². The summed E-state index contributed by atoms with van der Waals surface area (Å²) in [5.74, 6) is 0.581. The van der Waals surface area contributed by atoms with Crippen LogP contribution in [-0.4, -0.2) is 73.1 Å². The van der Waals surface area contributed by atoms with E-state index < -0.39 is 10.8 Å². The van der Waals surface area contributed by atoms with Crippen molar-refractivity contribution in [1.82, 2.24) is 9.80 Å². The van der Waals surface area contributed by atoms with Crippen LogP contribution in [0, 0.1) is 10.1 Å². The number of nitrogens with zero attached hydrogens (tertiary/aromatic N) is 3. The van der Waals surface area contributed by atoms with Crippen LogP contribution >= 0.6 is 11.3 Å². The second-order valence-electron chi connectivity index (χ2n) is 9.46. The minimum atomic E-state index is -0.538. The van der Waals surface area contributed by atoms with Gasteiger partial charge in [-0.15, -0.1) is 11.3 Å². The van der Waals surface area contributed by atoms with Gasteiger partial charge >= 0.3 is 0 Å². The quantitative estimate of drug-likeness (QED) is 0.220. The van der Waals surface area contributed by atoms with Crippen molar-refractivity contribution in [2.45, 2.75) is 31.9 Å². The number of ether oxygens (including phenoxy) is 3. The van der Waals surface area contributed by atoms with Gasteiger partial charge in [0, 0.05) is 42.3 Å². The lowest BCUT2D eigenvalue weighted by Gasteiger charge is -2.29. The number of carbonyl (C=O) groups excluding carboxylic acids is 2. The van der Waals surface area contributed by atoms with Crippen LogP contribution in [-0.2, 0) is 22.5 Å². The third kappa shape index (κ3) is 7.57. The highest BCUT2D eigenvalue weighted by Gasteiger charge is 2.28. The molecule has 1 atom stereocenters. The molecule has 1 fully saturated rings. The van der Waals surface area contributed by atoms with Gasteiger partial charge in [-0.25, -0.2) is 0 Å². The van der Waals surface area contributed by atoms with Gasteiger partial charge in [0.05, 0.1) is 31.8 Å². The van der Waals surface area contributed by atoms with E-state index in [1.54, 1.807) is 30.5 Å². The zero-order valence-electron chi connectivity index (χ0n) is 22.6. The van der Waals surface area contributed by atoms with Crippen LogP contribution in [0.4, 0.5) is 5.69 Å². The Morgan fingerprint density at radius 3 is 2.58 bits per heavy atom. The van der Waals surface area contributed by atoms with Crippen LogP contribution in [0.5, 0.6) is 11.5 Å². The molecule has 2 amide bonds. The Balaban J connectivity index is 1.54. The summed E-state index contributed by atoms with van der Waals surface area (Å²) in [6, 6.07) is 15.2. The smallest absolute Gasteiger partial charge is 0.270 e. The molecule has 10 nitrogen and oxygen atoms in total. The highest BCUT2D eigenvalue weighted by Crippen LogP contribution is 2.28. The first-order valence-electron chi connectivity index (χ1n) is 13.0. The second kappa shape index (κ2) is 13.9. The topological polar surface area (TPSA) is 111 Å². The molecular weight excluding hydrogens is 534 g/mol. The van der Waals surface area contributed by atoms with Gasteiger partial charge < -0.3 is 24.0 Å². The maximum absolute atomic E-state index is 13.8. The fourth-order valence-electron chi connectivity index (χ4n) is 4.63. The number of amides is 2. The lowest BCUT2D eigenvalue weighted by atomic mass is 10.1. The van der Waals surface area contributed by atoms with E-state index in [0.29, 0.717) is 37.6 Å². The molecule has 3 aromatic rings. The summed E-state index contributed by atoms with van der Waals surface area (Å²) in [5, 5.41) is 13.3. The zero-order valence-corrected chi connectivity index (χ0v) is 23.4. The molecular formula is C29H33N3O7S. The van der Waals surface area contributed by atoms with Crippen LogP contribution in [0.25, 0.3) is 0 Å². The normalized spacial score (nSPS) is 14.5. The number of rotatable bonds is 13. The van der Waals surface area contributed by atoms with E-state index in [4.69, 9.17) is 14.2 Å². The Morgan fingerprint density at radius 1 is 1.07 bits per heavy atom. The maximum atomic E-state index is 13.8. The van der Waals surface area contributed by atoms with Crippen molar-refractivity contribution in [3.8, 4) is 11.5 Å². The fraction of sp³-hybridized carbons (Fsp3) is 0.379. The molecule has 1 saturated heterocycles. The molecule has 0 radical (unpaired) electrons. The lowest BCUT2D eigenvalue weighted by Crippen LogP contribution is -2.45. The number of nitro benzene ring substituents is 1. The van der Waals surface area contributed by atoms with Crippen LogP contribution < -0.4 is 9.47 Å². The van der Waals surface area contributed by atoms with Crippen molar-refractivity contribution in [1.29, 1.82) is 0 Å². The van der Waals surface area contributed by atoms with Crippen LogP contribution in [0.3, 0.4) is 0 Å². The van der Waals surface area contributed by atoms with E-state index in [2.05, 4.69) is 0 Å². The predicted molar refractivity (Wildman–Crippen MR) is 151 cm³/mol. The van der Waals surface area contributed by atoms with E-state index in [9.17, 15) is 19.7 Å². The molecule has 40 heavy (non-hydrogen) atoms. The summed E-state index contributed by atoms with van der Waals surface area (Å²) in [4.78, 5) is 42.3. The van der Waals surface area contributed by atoms with Crippen molar-refractivity contribution in [2.24, 2.45) is 0 Å². The summed E-state index contributed by atoms with van der Waals surface area (Å²) < 4.78 is 16.5. The van der Waals surface area contributed by atoms with Crippen molar-refractivity contribution in [2.75, 3.05) is 40.5 Å². The van der Waals surface area contributed by atoms with E-state index in [1.807, 2.05) is 35.7 Å². The minimum absolute atomic E-state index is 0.162. The minimum Gasteiger partial charge on any atom is -0.493 e. The van der Waals surface area contributed by atoms with Gasteiger partial charge in [0.15, 0.2) is 11.5 Å². The standard InChI is InChI=1S/C29H33N3O7S/c1-37-26-11-10-21(16-27(26)38-2)12-13-30(19-25-9-5-15-40-25)28(33)20-31(18-24-8-4-14-39-24)29(34)22-6-3-7-23(17-22)32(35)36/h3,5-7,9-11,15-17,24H,4,8,12-14,18-20H2,1-2H3. The van der Waals surface area contributed by atoms with Crippen LogP contribution in [0.1, 0.15) is 33.6 Å². The van der Waals surface area contributed by atoms with E-state index in [-0.39, 0.29) is 36.4 Å². The lowest BCUT2D eigenvalue weighted by molar-refractivity contribution is -0.384. The third-order valence-electron chi connectivity index (χ3n) is 6.76. The molecule has 0 aliphatic carbocycles. The molecule has 1 aliphatic heterocycles. The molecule has 0 bridgehead atoms. The summed E-state index contributed by atoms with van der Waals surface area (Å²) >= 11 is 1.56. The average Bonchev–Trinajstić information content (AvgIpc) is 3.69. The highest BCUT2D eigenvalue weighted by molar-refractivity contribution is 7.09. The van der Waals surface area contributed by atoms with Gasteiger partial charge in [0.2, 0.25) is 5.91 Å². The molecule has 1 unspecified atom stereocenters. The summed E-state index contributed by atoms with van der Waals surface area (Å²) in [6.45, 7) is 1.50. The van der Waals surface area contributed by atoms with E-state index >= 15 is 0 Å². The Kier molecular flexibility index (Phi) is 10.1. The van der Waals surface area contributed by atoms with Gasteiger partial charge in [-0.2, -0.15) is 0 Å². The molecule has 1 aliphatic rings. The Morgan fingerprint density at radius 2 is 1.90 bits per heavy atom. The highest BCUT2D eigenvalue weighted by atomic mass is 32.1. The number of non-ortho nitro benzene ring substituents is 1. The summed E-state index contributed by atoms with van der Waals surface area (Å²) in [5.41, 5.74) is 0.962. The van der Waals surface area contributed by atoms with Crippen molar-refractivity contribution in [3.63, 3.8) is 0 Å². The molecule has 2 aromatic carbocycles. The van der Waals surface area contributed by atoms with Gasteiger partial charge in [0.25, 0.3) is 11.6 Å². The first-order chi connectivity index (χ1) is 19.4. The Labute approximate surface area is 237 Å². The van der Waals surface area contributed by atoms with Gasteiger partial charge in [-0.05, 0) is 54.5 Å². The van der Waals surface area contributed by atoms with E-state index in [0.717, 1.165) is 23.3 Å². The molecule has 212 valence electrons. The molecule has 0 saturated carbocycles. The molecule has 11 heteroatoms. The second-order valence-corrected chi connectivity index (χ2v) is 10.5. The fourth-order valence-corrected chi connectivity index (χ4v) is 5.35. The van der Waals surface area contributed by atoms with Gasteiger partial charge in [-0.1, -0.05) is 18.2 Å². The van der Waals surface area contributed by atoms with Crippen molar-refractivity contribution in [3.05, 3.63) is 86.1 Å². The molecule has 1 aromatic heterocycles. The average molecular weight is 568 g/mol. The van der Waals surface area contributed by atoms with Gasteiger partial charge in [0.1, 0.15) is 6.54 Å². The SMILES string of the molecule is COc1ccc(CCN(Cc2cccs2)C(=O)CN(CC2CCCO2)C(=O)c2cccc([N+](=O)[O-])c2)cc1OC. The van der Waals surface area contributed by atoms with E-state index in [1.165, 1.54) is 29.2 Å². The third-order valence-corrected chi connectivity index (χ3v) is 7.62. The Bertz CT molecular complexity index is 1310. The number of benzene rings is 2. The molecule has 0 N–H and O–H groups in total. The number of nitro groups is 1. The number of methoxy groups -OCH3 is 2. The molecule has 0 spiro atoms. The van der Waals surface area contributed by atoms with Crippen molar-refractivity contribution >= 4 is 28.8 Å². The summed E-state index contributed by atoms with van der Waals surface area (Å²) in [7, 11) is 3.16. The van der Waals surface area contributed by atoms with Crippen LogP contribution in [0.15, 0.2) is 60.0 Å². The zero-order chi connectivity index (χ0) is 28.5. The number of hydrogen-bond donors (Lipinski definition) is 0. The Hall–Kier alpha value is -3.96. The first-order valence-corrected chi connectivity index (χ1v) is 13.9. The maximum Gasteiger partial charge on any atom is 0.270 e. The number of thiophene rings is 1.